The molecule has 2 aliphatic carbocycles. The molecule has 2 bridgehead atoms. The van der Waals surface area contributed by atoms with Crippen molar-refractivity contribution < 1.29 is 4.79 Å². The topological polar surface area (TPSA) is 17.1 Å². The first kappa shape index (κ1) is 12.5. The molecular formula is C15H16Cl2O. The van der Waals surface area contributed by atoms with Crippen LogP contribution in [-0.2, 0) is 11.2 Å². The Morgan fingerprint density at radius 1 is 1.22 bits per heavy atom. The Bertz CT molecular complexity index is 483. The fourth-order valence-electron chi connectivity index (χ4n) is 3.64. The van der Waals surface area contributed by atoms with E-state index in [1.54, 1.807) is 6.07 Å². The fraction of sp³-hybridized carbons (Fsp3) is 0.533. The lowest BCUT2D eigenvalue weighted by molar-refractivity contribution is -0.123. The molecule has 0 heterocycles. The first-order valence-corrected chi connectivity index (χ1v) is 7.36. The van der Waals surface area contributed by atoms with E-state index in [-0.39, 0.29) is 5.92 Å². The van der Waals surface area contributed by atoms with Gasteiger partial charge in [0.15, 0.2) is 0 Å². The average molecular weight is 283 g/mol. The van der Waals surface area contributed by atoms with Gasteiger partial charge in [0.1, 0.15) is 5.78 Å². The van der Waals surface area contributed by atoms with Crippen LogP contribution >= 0.6 is 23.2 Å². The van der Waals surface area contributed by atoms with Crippen molar-refractivity contribution in [3.05, 3.63) is 33.8 Å². The van der Waals surface area contributed by atoms with Gasteiger partial charge in [-0.15, -0.1) is 0 Å². The molecule has 3 rings (SSSR count). The highest BCUT2D eigenvalue weighted by Crippen LogP contribution is 2.49. The minimum absolute atomic E-state index is 0.277. The molecule has 2 saturated carbocycles. The maximum Gasteiger partial charge on any atom is 0.140 e. The quantitative estimate of drug-likeness (QED) is 0.795. The van der Waals surface area contributed by atoms with E-state index in [0.717, 1.165) is 17.9 Å². The molecule has 18 heavy (non-hydrogen) atoms. The van der Waals surface area contributed by atoms with E-state index in [2.05, 4.69) is 0 Å². The Balaban J connectivity index is 1.73. The van der Waals surface area contributed by atoms with Crippen LogP contribution in [0.3, 0.4) is 0 Å². The van der Waals surface area contributed by atoms with Crippen molar-refractivity contribution in [1.29, 1.82) is 0 Å². The smallest absolute Gasteiger partial charge is 0.140 e. The zero-order chi connectivity index (χ0) is 12.7. The lowest BCUT2D eigenvalue weighted by Crippen LogP contribution is -2.22. The second kappa shape index (κ2) is 4.86. The van der Waals surface area contributed by atoms with Crippen molar-refractivity contribution in [1.82, 2.24) is 0 Å². The SMILES string of the molecule is O=C(Cc1cccc(Cl)c1Cl)C1CC2CCC1C2. The number of fused-ring (bicyclic) bond motifs is 2. The van der Waals surface area contributed by atoms with Crippen molar-refractivity contribution in [3.63, 3.8) is 0 Å². The van der Waals surface area contributed by atoms with Gasteiger partial charge in [0, 0.05) is 12.3 Å². The van der Waals surface area contributed by atoms with Crippen molar-refractivity contribution in [2.45, 2.75) is 32.1 Å². The molecule has 1 aromatic rings. The lowest BCUT2D eigenvalue weighted by atomic mass is 9.83. The number of Topliss-reactive ketones (excluding diaryl/α,β-unsaturated/α-hetero) is 1. The van der Waals surface area contributed by atoms with Gasteiger partial charge in [0.05, 0.1) is 10.0 Å². The van der Waals surface area contributed by atoms with Crippen LogP contribution in [-0.4, -0.2) is 5.78 Å². The second-order valence-electron chi connectivity index (χ2n) is 5.64. The highest BCUT2D eigenvalue weighted by Gasteiger charge is 2.42. The maximum absolute atomic E-state index is 12.4. The summed E-state index contributed by atoms with van der Waals surface area (Å²) in [7, 11) is 0. The Kier molecular flexibility index (Phi) is 3.38. The molecule has 96 valence electrons. The standard InChI is InChI=1S/C15H16Cl2O/c16-13-3-1-2-11(15(13)17)8-14(18)12-7-9-4-5-10(12)6-9/h1-3,9-10,12H,4-8H2. The van der Waals surface area contributed by atoms with E-state index in [1.807, 2.05) is 12.1 Å². The normalized spacial score (nSPS) is 29.8. The maximum atomic E-state index is 12.4. The third-order valence-corrected chi connectivity index (χ3v) is 5.41. The summed E-state index contributed by atoms with van der Waals surface area (Å²) in [4.78, 5) is 12.4. The number of carbonyl (C=O) groups is 1. The predicted molar refractivity (Wildman–Crippen MR) is 74.1 cm³/mol. The molecule has 2 fully saturated rings. The Morgan fingerprint density at radius 3 is 2.72 bits per heavy atom. The van der Waals surface area contributed by atoms with Crippen LogP contribution in [0.25, 0.3) is 0 Å². The van der Waals surface area contributed by atoms with Crippen molar-refractivity contribution >= 4 is 29.0 Å². The summed E-state index contributed by atoms with van der Waals surface area (Å²) in [6.45, 7) is 0. The third-order valence-electron chi connectivity index (χ3n) is 4.55. The van der Waals surface area contributed by atoms with Crippen LogP contribution in [0.15, 0.2) is 18.2 Å². The van der Waals surface area contributed by atoms with Gasteiger partial charge in [0.25, 0.3) is 0 Å². The van der Waals surface area contributed by atoms with Crippen LogP contribution < -0.4 is 0 Å². The van der Waals surface area contributed by atoms with Gasteiger partial charge in [-0.25, -0.2) is 0 Å². The van der Waals surface area contributed by atoms with Crippen LogP contribution in [0.5, 0.6) is 0 Å². The molecule has 2 aliphatic rings. The second-order valence-corrected chi connectivity index (χ2v) is 6.42. The molecule has 0 radical (unpaired) electrons. The molecule has 0 aromatic heterocycles. The molecule has 3 atom stereocenters. The fourth-order valence-corrected chi connectivity index (χ4v) is 4.03. The van der Waals surface area contributed by atoms with Gasteiger partial charge in [-0.05, 0) is 42.7 Å². The van der Waals surface area contributed by atoms with Gasteiger partial charge >= 0.3 is 0 Å². The number of benzene rings is 1. The number of hydrogen-bond acceptors (Lipinski definition) is 1. The summed E-state index contributed by atoms with van der Waals surface area (Å²) in [5, 5.41) is 1.07. The van der Waals surface area contributed by atoms with E-state index in [1.165, 1.54) is 19.3 Å². The predicted octanol–water partition coefficient (Wildman–Crippen LogP) is 4.54. The molecule has 0 spiro atoms. The molecule has 1 aromatic carbocycles. The van der Waals surface area contributed by atoms with E-state index in [0.29, 0.717) is 28.2 Å². The summed E-state index contributed by atoms with van der Waals surface area (Å²) in [6.07, 6.45) is 5.37. The molecule has 0 saturated heterocycles. The summed E-state index contributed by atoms with van der Waals surface area (Å²) in [5.41, 5.74) is 0.872. The molecule has 3 unspecified atom stereocenters. The summed E-state index contributed by atoms with van der Waals surface area (Å²) in [6, 6.07) is 5.52. The van der Waals surface area contributed by atoms with Crippen molar-refractivity contribution in [2.24, 2.45) is 17.8 Å². The van der Waals surface area contributed by atoms with Crippen LogP contribution in [0.2, 0.25) is 10.0 Å². The van der Waals surface area contributed by atoms with Crippen LogP contribution in [0, 0.1) is 17.8 Å². The number of carbonyl (C=O) groups excluding carboxylic acids is 1. The van der Waals surface area contributed by atoms with Crippen LogP contribution in [0.1, 0.15) is 31.2 Å². The third kappa shape index (κ3) is 2.19. The van der Waals surface area contributed by atoms with Crippen LogP contribution in [0.4, 0.5) is 0 Å². The number of hydrogen-bond donors (Lipinski definition) is 0. The van der Waals surface area contributed by atoms with Gasteiger partial charge in [-0.2, -0.15) is 0 Å². The minimum Gasteiger partial charge on any atom is -0.299 e. The van der Waals surface area contributed by atoms with E-state index < -0.39 is 0 Å². The van der Waals surface area contributed by atoms with E-state index >= 15 is 0 Å². The Morgan fingerprint density at radius 2 is 2.06 bits per heavy atom. The highest BCUT2D eigenvalue weighted by molar-refractivity contribution is 6.42. The van der Waals surface area contributed by atoms with Gasteiger partial charge in [-0.3, -0.25) is 4.79 Å². The molecule has 0 N–H and O–H groups in total. The molecule has 3 heteroatoms. The average Bonchev–Trinajstić information content (AvgIpc) is 2.97. The van der Waals surface area contributed by atoms with Gasteiger partial charge < -0.3 is 0 Å². The number of halogens is 2. The van der Waals surface area contributed by atoms with E-state index in [4.69, 9.17) is 23.2 Å². The zero-order valence-electron chi connectivity index (χ0n) is 10.2. The first-order valence-electron chi connectivity index (χ1n) is 6.60. The summed E-state index contributed by atoms with van der Waals surface area (Å²) in [5.74, 6) is 2.07. The van der Waals surface area contributed by atoms with Gasteiger partial charge in [0.2, 0.25) is 0 Å². The van der Waals surface area contributed by atoms with Crippen molar-refractivity contribution in [2.75, 3.05) is 0 Å². The minimum atomic E-state index is 0.277. The largest absolute Gasteiger partial charge is 0.299 e. The molecule has 1 nitrogen and oxygen atoms in total. The lowest BCUT2D eigenvalue weighted by Gasteiger charge is -2.20. The highest BCUT2D eigenvalue weighted by atomic mass is 35.5. The molecule has 0 aliphatic heterocycles. The number of ketones is 1. The molecular weight excluding hydrogens is 267 g/mol. The summed E-state index contributed by atoms with van der Waals surface area (Å²) < 4.78 is 0. The Hall–Kier alpha value is -0.530. The van der Waals surface area contributed by atoms with E-state index in [9.17, 15) is 4.79 Å². The summed E-state index contributed by atoms with van der Waals surface area (Å²) >= 11 is 12.1. The zero-order valence-corrected chi connectivity index (χ0v) is 11.7. The Labute approximate surface area is 117 Å². The molecule has 0 amide bonds. The monoisotopic (exact) mass is 282 g/mol. The van der Waals surface area contributed by atoms with Gasteiger partial charge in [-0.1, -0.05) is 41.8 Å². The first-order chi connectivity index (χ1) is 8.65. The van der Waals surface area contributed by atoms with Crippen molar-refractivity contribution in [3.8, 4) is 0 Å². The number of rotatable bonds is 3.